The minimum Gasteiger partial charge on any atom is -0.370 e. The lowest BCUT2D eigenvalue weighted by molar-refractivity contribution is 0.0949. The number of carbonyl (C=O) groups is 1. The number of hydrogen-bond acceptors (Lipinski definition) is 4. The second-order valence-corrected chi connectivity index (χ2v) is 5.81. The fraction of sp³-hybridized carbons (Fsp3) is 0.421. The van der Waals surface area contributed by atoms with E-state index in [4.69, 9.17) is 0 Å². The molecule has 0 radical (unpaired) electrons. The van der Waals surface area contributed by atoms with Gasteiger partial charge in [-0.25, -0.2) is 9.97 Å². The molecular formula is C19H26N4O. The topological polar surface area (TPSA) is 66.9 Å². The average molecular weight is 326 g/mol. The molecule has 1 amide bonds. The molecule has 0 saturated heterocycles. The maximum absolute atomic E-state index is 12.3. The van der Waals surface area contributed by atoms with E-state index < -0.39 is 0 Å². The van der Waals surface area contributed by atoms with Crippen molar-refractivity contribution in [3.05, 3.63) is 53.5 Å². The first kappa shape index (κ1) is 17.9. The third-order valence-corrected chi connectivity index (χ3v) is 3.70. The van der Waals surface area contributed by atoms with E-state index in [0.717, 1.165) is 19.4 Å². The van der Waals surface area contributed by atoms with Gasteiger partial charge in [-0.3, -0.25) is 4.79 Å². The van der Waals surface area contributed by atoms with Crippen molar-refractivity contribution in [1.29, 1.82) is 0 Å². The molecule has 0 aliphatic carbocycles. The second-order valence-electron chi connectivity index (χ2n) is 5.81. The van der Waals surface area contributed by atoms with Crippen LogP contribution in [0.5, 0.6) is 0 Å². The molecule has 5 nitrogen and oxygen atoms in total. The third-order valence-electron chi connectivity index (χ3n) is 3.70. The van der Waals surface area contributed by atoms with Crippen LogP contribution in [0, 0.1) is 6.92 Å². The monoisotopic (exact) mass is 326 g/mol. The van der Waals surface area contributed by atoms with Gasteiger partial charge in [-0.1, -0.05) is 50.1 Å². The molecule has 1 heterocycles. The first-order chi connectivity index (χ1) is 11.7. The summed E-state index contributed by atoms with van der Waals surface area (Å²) in [7, 11) is 0. The van der Waals surface area contributed by atoms with E-state index in [2.05, 4.69) is 39.7 Å². The van der Waals surface area contributed by atoms with E-state index in [-0.39, 0.29) is 5.91 Å². The zero-order valence-electron chi connectivity index (χ0n) is 14.5. The highest BCUT2D eigenvalue weighted by atomic mass is 16.1. The summed E-state index contributed by atoms with van der Waals surface area (Å²) >= 11 is 0. The Morgan fingerprint density at radius 1 is 1.08 bits per heavy atom. The molecule has 1 aromatic heterocycles. The Bertz CT molecular complexity index is 643. The average Bonchev–Trinajstić information content (AvgIpc) is 2.59. The van der Waals surface area contributed by atoms with Crippen molar-refractivity contribution in [3.63, 3.8) is 0 Å². The number of benzene rings is 1. The van der Waals surface area contributed by atoms with Gasteiger partial charge in [-0.2, -0.15) is 0 Å². The molecule has 1 aromatic carbocycles. The molecule has 2 rings (SSSR count). The largest absolute Gasteiger partial charge is 0.370 e. The van der Waals surface area contributed by atoms with Crippen molar-refractivity contribution in [1.82, 2.24) is 15.3 Å². The van der Waals surface area contributed by atoms with Gasteiger partial charge < -0.3 is 10.6 Å². The van der Waals surface area contributed by atoms with Crippen LogP contribution in [-0.4, -0.2) is 29.0 Å². The molecule has 128 valence electrons. The lowest BCUT2D eigenvalue weighted by Crippen LogP contribution is -2.27. The van der Waals surface area contributed by atoms with Crippen molar-refractivity contribution < 1.29 is 4.79 Å². The van der Waals surface area contributed by atoms with Gasteiger partial charge in [0.2, 0.25) is 0 Å². The first-order valence-electron chi connectivity index (χ1n) is 8.60. The van der Waals surface area contributed by atoms with Crippen molar-refractivity contribution in [2.75, 3.05) is 18.4 Å². The highest BCUT2D eigenvalue weighted by molar-refractivity contribution is 5.92. The minimum absolute atomic E-state index is 0.159. The van der Waals surface area contributed by atoms with E-state index in [1.165, 1.54) is 18.4 Å². The number of amides is 1. The third kappa shape index (κ3) is 5.99. The predicted octanol–water partition coefficient (Wildman–Crippen LogP) is 3.36. The summed E-state index contributed by atoms with van der Waals surface area (Å²) in [5.74, 6) is 1.16. The fourth-order valence-electron chi connectivity index (χ4n) is 2.42. The number of aryl methyl sites for hydroxylation is 1. The second kappa shape index (κ2) is 9.65. The summed E-state index contributed by atoms with van der Waals surface area (Å²) in [6.07, 6.45) is 4.26. The molecule has 0 aliphatic heterocycles. The lowest BCUT2D eigenvalue weighted by atomic mass is 10.1. The first-order valence-corrected chi connectivity index (χ1v) is 8.60. The summed E-state index contributed by atoms with van der Waals surface area (Å²) < 4.78 is 0. The Labute approximate surface area is 143 Å². The van der Waals surface area contributed by atoms with Gasteiger partial charge in [0.25, 0.3) is 5.91 Å². The van der Waals surface area contributed by atoms with Gasteiger partial charge in [-0.05, 0) is 25.3 Å². The summed E-state index contributed by atoms with van der Waals surface area (Å²) in [5, 5.41) is 6.19. The van der Waals surface area contributed by atoms with Crippen LogP contribution in [0.1, 0.15) is 48.1 Å². The molecule has 0 atom stereocenters. The number of nitrogens with zero attached hydrogens (tertiary/aromatic N) is 2. The molecule has 24 heavy (non-hydrogen) atoms. The number of nitrogens with one attached hydrogen (secondary N) is 2. The highest BCUT2D eigenvalue weighted by Gasteiger charge is 2.10. The maximum atomic E-state index is 12.3. The standard InChI is InChI=1S/C19H26N4O/c1-3-4-8-12-20-18-14-17(22-15(2)23-18)19(24)21-13-11-16-9-6-5-7-10-16/h5-7,9-10,14H,3-4,8,11-13H2,1-2H3,(H,21,24)(H,20,22,23). The molecule has 0 unspecified atom stereocenters. The number of hydrogen-bond donors (Lipinski definition) is 2. The van der Waals surface area contributed by atoms with Crippen LogP contribution in [0.15, 0.2) is 36.4 Å². The fourth-order valence-corrected chi connectivity index (χ4v) is 2.42. The summed E-state index contributed by atoms with van der Waals surface area (Å²) in [5.41, 5.74) is 1.61. The van der Waals surface area contributed by atoms with Crippen LogP contribution in [0.2, 0.25) is 0 Å². The Morgan fingerprint density at radius 3 is 2.62 bits per heavy atom. The van der Waals surface area contributed by atoms with Gasteiger partial charge in [0.1, 0.15) is 17.3 Å². The smallest absolute Gasteiger partial charge is 0.270 e. The van der Waals surface area contributed by atoms with Crippen LogP contribution >= 0.6 is 0 Å². The number of rotatable bonds is 9. The zero-order chi connectivity index (χ0) is 17.2. The normalized spacial score (nSPS) is 10.4. The Balaban J connectivity index is 1.87. The van der Waals surface area contributed by atoms with Crippen LogP contribution in [-0.2, 0) is 6.42 Å². The Kier molecular flexibility index (Phi) is 7.21. The van der Waals surface area contributed by atoms with Gasteiger partial charge in [0, 0.05) is 19.2 Å². The number of aromatic nitrogens is 2. The van der Waals surface area contributed by atoms with E-state index in [1.807, 2.05) is 18.2 Å². The summed E-state index contributed by atoms with van der Waals surface area (Å²) in [4.78, 5) is 20.9. The zero-order valence-corrected chi connectivity index (χ0v) is 14.5. The van der Waals surface area contributed by atoms with E-state index in [1.54, 1.807) is 13.0 Å². The van der Waals surface area contributed by atoms with Gasteiger partial charge in [-0.15, -0.1) is 0 Å². The predicted molar refractivity (Wildman–Crippen MR) is 97.3 cm³/mol. The van der Waals surface area contributed by atoms with Crippen LogP contribution in [0.3, 0.4) is 0 Å². The SMILES string of the molecule is CCCCCNc1cc(C(=O)NCCc2ccccc2)nc(C)n1. The molecule has 5 heteroatoms. The molecule has 0 bridgehead atoms. The maximum Gasteiger partial charge on any atom is 0.270 e. The number of unbranched alkanes of at least 4 members (excludes halogenated alkanes) is 2. The minimum atomic E-state index is -0.159. The van der Waals surface area contributed by atoms with E-state index >= 15 is 0 Å². The molecule has 2 aromatic rings. The molecular weight excluding hydrogens is 300 g/mol. The highest BCUT2D eigenvalue weighted by Crippen LogP contribution is 2.08. The van der Waals surface area contributed by atoms with Crippen molar-refractivity contribution in [2.24, 2.45) is 0 Å². The van der Waals surface area contributed by atoms with Crippen molar-refractivity contribution in [3.8, 4) is 0 Å². The van der Waals surface area contributed by atoms with Crippen LogP contribution in [0.4, 0.5) is 5.82 Å². The van der Waals surface area contributed by atoms with Crippen LogP contribution < -0.4 is 10.6 Å². The van der Waals surface area contributed by atoms with Gasteiger partial charge >= 0.3 is 0 Å². The van der Waals surface area contributed by atoms with E-state index in [0.29, 0.717) is 23.9 Å². The molecule has 0 spiro atoms. The van der Waals surface area contributed by atoms with Crippen molar-refractivity contribution >= 4 is 11.7 Å². The summed E-state index contributed by atoms with van der Waals surface area (Å²) in [6.45, 7) is 5.43. The van der Waals surface area contributed by atoms with Crippen LogP contribution in [0.25, 0.3) is 0 Å². The molecule has 0 fully saturated rings. The van der Waals surface area contributed by atoms with E-state index in [9.17, 15) is 4.79 Å². The number of carbonyl (C=O) groups excluding carboxylic acids is 1. The van der Waals surface area contributed by atoms with Crippen molar-refractivity contribution in [2.45, 2.75) is 39.5 Å². The quantitative estimate of drug-likeness (QED) is 0.693. The van der Waals surface area contributed by atoms with Gasteiger partial charge in [0.15, 0.2) is 0 Å². The Hall–Kier alpha value is -2.43. The lowest BCUT2D eigenvalue weighted by Gasteiger charge is -2.09. The Morgan fingerprint density at radius 2 is 1.88 bits per heavy atom. The molecule has 2 N–H and O–H groups in total. The molecule has 0 saturated carbocycles. The molecule has 0 aliphatic rings. The summed E-state index contributed by atoms with van der Waals surface area (Å²) in [6, 6.07) is 11.8. The van der Waals surface area contributed by atoms with Gasteiger partial charge in [0.05, 0.1) is 0 Å². The number of anilines is 1.